The molecule has 0 fully saturated rings. The lowest BCUT2D eigenvalue weighted by atomic mass is 10.2. The number of aliphatic carboxylic acids is 1. The number of benzene rings is 1. The summed E-state index contributed by atoms with van der Waals surface area (Å²) in [6.07, 6.45) is 4.54. The first-order valence-corrected chi connectivity index (χ1v) is 6.75. The molecule has 19 heavy (non-hydrogen) atoms. The molecule has 0 aliphatic rings. The van der Waals surface area contributed by atoms with Crippen LogP contribution in [0.2, 0.25) is 0 Å². The third kappa shape index (κ3) is 6.40. The molecule has 0 aliphatic heterocycles. The van der Waals surface area contributed by atoms with Crippen LogP contribution in [-0.4, -0.2) is 31.4 Å². The topological polar surface area (TPSA) is 55.8 Å². The van der Waals surface area contributed by atoms with Gasteiger partial charge >= 0.3 is 5.97 Å². The van der Waals surface area contributed by atoms with Gasteiger partial charge < -0.3 is 14.6 Å². The van der Waals surface area contributed by atoms with Gasteiger partial charge in [-0.2, -0.15) is 0 Å². The van der Waals surface area contributed by atoms with Crippen molar-refractivity contribution < 1.29 is 19.4 Å². The standard InChI is InChI=1S/C14H17BrO4/c1-18-8-2-3-9-19-13-6-4-11(10-12(13)15)5-7-14(16)17/h4-7,10H,2-3,8-9H2,1H3,(H,16,17)/b7-5+. The maximum atomic E-state index is 10.4. The summed E-state index contributed by atoms with van der Waals surface area (Å²) in [4.78, 5) is 10.4. The van der Waals surface area contributed by atoms with E-state index in [1.54, 1.807) is 7.11 Å². The fraction of sp³-hybridized carbons (Fsp3) is 0.357. The van der Waals surface area contributed by atoms with Gasteiger partial charge in [-0.25, -0.2) is 4.79 Å². The molecule has 1 aromatic rings. The maximum Gasteiger partial charge on any atom is 0.328 e. The molecular weight excluding hydrogens is 312 g/mol. The Morgan fingerprint density at radius 3 is 2.74 bits per heavy atom. The van der Waals surface area contributed by atoms with Gasteiger partial charge in [0.2, 0.25) is 0 Å². The molecule has 0 bridgehead atoms. The van der Waals surface area contributed by atoms with Crippen LogP contribution in [0.15, 0.2) is 28.7 Å². The fourth-order valence-corrected chi connectivity index (χ4v) is 1.95. The molecule has 4 nitrogen and oxygen atoms in total. The number of carbonyl (C=O) groups is 1. The molecule has 0 saturated carbocycles. The first-order valence-electron chi connectivity index (χ1n) is 5.96. The molecule has 1 rings (SSSR count). The number of methoxy groups -OCH3 is 1. The Morgan fingerprint density at radius 2 is 2.11 bits per heavy atom. The largest absolute Gasteiger partial charge is 0.492 e. The van der Waals surface area contributed by atoms with Crippen LogP contribution in [0.1, 0.15) is 18.4 Å². The Labute approximate surface area is 121 Å². The lowest BCUT2D eigenvalue weighted by molar-refractivity contribution is -0.131. The summed E-state index contributed by atoms with van der Waals surface area (Å²) < 4.78 is 11.4. The third-order valence-electron chi connectivity index (χ3n) is 2.37. The summed E-state index contributed by atoms with van der Waals surface area (Å²) in [6.45, 7) is 1.37. The van der Waals surface area contributed by atoms with E-state index in [1.807, 2.05) is 18.2 Å². The molecule has 0 saturated heterocycles. The Hall–Kier alpha value is -1.33. The van der Waals surface area contributed by atoms with Gasteiger partial charge in [0.25, 0.3) is 0 Å². The highest BCUT2D eigenvalue weighted by Crippen LogP contribution is 2.26. The zero-order valence-electron chi connectivity index (χ0n) is 10.8. The fourth-order valence-electron chi connectivity index (χ4n) is 1.44. The van der Waals surface area contributed by atoms with Crippen molar-refractivity contribution in [2.75, 3.05) is 20.3 Å². The molecular formula is C14H17BrO4. The van der Waals surface area contributed by atoms with E-state index < -0.39 is 5.97 Å². The van der Waals surface area contributed by atoms with Gasteiger partial charge in [-0.15, -0.1) is 0 Å². The maximum absolute atomic E-state index is 10.4. The van der Waals surface area contributed by atoms with Crippen molar-refractivity contribution in [2.45, 2.75) is 12.8 Å². The van der Waals surface area contributed by atoms with Gasteiger partial charge in [0.15, 0.2) is 0 Å². The molecule has 0 amide bonds. The van der Waals surface area contributed by atoms with Gasteiger partial charge in [0.05, 0.1) is 11.1 Å². The molecule has 0 unspecified atom stereocenters. The van der Waals surface area contributed by atoms with E-state index in [-0.39, 0.29) is 0 Å². The number of carboxylic acid groups (broad SMARTS) is 1. The van der Waals surface area contributed by atoms with Crippen LogP contribution in [-0.2, 0) is 9.53 Å². The molecule has 0 aromatic heterocycles. The molecule has 0 radical (unpaired) electrons. The second-order valence-electron chi connectivity index (χ2n) is 3.91. The molecule has 0 aliphatic carbocycles. The minimum absolute atomic E-state index is 0.631. The van der Waals surface area contributed by atoms with Gasteiger partial charge in [-0.05, 0) is 52.5 Å². The predicted molar refractivity (Wildman–Crippen MR) is 77.4 cm³/mol. The summed E-state index contributed by atoms with van der Waals surface area (Å²) in [5.74, 6) is -0.209. The zero-order valence-corrected chi connectivity index (χ0v) is 12.4. The second-order valence-corrected chi connectivity index (χ2v) is 4.76. The summed E-state index contributed by atoms with van der Waals surface area (Å²) >= 11 is 3.41. The summed E-state index contributed by atoms with van der Waals surface area (Å²) in [6, 6.07) is 5.46. The van der Waals surface area contributed by atoms with Crippen LogP contribution in [0, 0.1) is 0 Å². The lowest BCUT2D eigenvalue weighted by Crippen LogP contribution is -2.00. The molecule has 1 N–H and O–H groups in total. The minimum atomic E-state index is -0.963. The van der Waals surface area contributed by atoms with E-state index in [2.05, 4.69) is 15.9 Å². The van der Waals surface area contributed by atoms with Crippen LogP contribution in [0.5, 0.6) is 5.75 Å². The predicted octanol–water partition coefficient (Wildman–Crippen LogP) is 3.35. The van der Waals surface area contributed by atoms with Gasteiger partial charge in [0.1, 0.15) is 5.75 Å². The number of halogens is 1. The Balaban J connectivity index is 2.50. The normalized spacial score (nSPS) is 10.8. The summed E-state index contributed by atoms with van der Waals surface area (Å²) in [5, 5.41) is 8.55. The Kier molecular flexibility index (Phi) is 7.22. The number of carboxylic acids is 1. The molecule has 5 heteroatoms. The summed E-state index contributed by atoms with van der Waals surface area (Å²) in [7, 11) is 1.68. The molecule has 0 heterocycles. The smallest absolute Gasteiger partial charge is 0.328 e. The van der Waals surface area contributed by atoms with Crippen molar-refractivity contribution in [2.24, 2.45) is 0 Å². The average molecular weight is 329 g/mol. The van der Waals surface area contributed by atoms with Crippen LogP contribution in [0.3, 0.4) is 0 Å². The number of ether oxygens (including phenoxy) is 2. The minimum Gasteiger partial charge on any atom is -0.492 e. The van der Waals surface area contributed by atoms with Crippen LogP contribution in [0.25, 0.3) is 6.08 Å². The van der Waals surface area contributed by atoms with Gasteiger partial charge in [-0.3, -0.25) is 0 Å². The van der Waals surface area contributed by atoms with Gasteiger partial charge in [0, 0.05) is 19.8 Å². The number of rotatable bonds is 8. The van der Waals surface area contributed by atoms with Crippen LogP contribution in [0.4, 0.5) is 0 Å². The highest BCUT2D eigenvalue weighted by atomic mass is 79.9. The number of unbranched alkanes of at least 4 members (excludes halogenated alkanes) is 1. The van der Waals surface area contributed by atoms with Gasteiger partial charge in [-0.1, -0.05) is 6.07 Å². The van der Waals surface area contributed by atoms with E-state index in [1.165, 1.54) is 6.08 Å². The Morgan fingerprint density at radius 1 is 1.37 bits per heavy atom. The number of hydrogen-bond donors (Lipinski definition) is 1. The first kappa shape index (κ1) is 15.7. The molecule has 0 atom stereocenters. The molecule has 0 spiro atoms. The van der Waals surface area contributed by atoms with Crippen molar-refractivity contribution >= 4 is 28.0 Å². The van der Waals surface area contributed by atoms with Crippen molar-refractivity contribution in [1.29, 1.82) is 0 Å². The number of hydrogen-bond acceptors (Lipinski definition) is 3. The van der Waals surface area contributed by atoms with E-state index in [0.717, 1.165) is 41.3 Å². The highest BCUT2D eigenvalue weighted by Gasteiger charge is 2.01. The Bertz CT molecular complexity index is 443. The van der Waals surface area contributed by atoms with E-state index in [9.17, 15) is 4.79 Å². The first-order chi connectivity index (χ1) is 9.13. The highest BCUT2D eigenvalue weighted by molar-refractivity contribution is 9.10. The second kappa shape index (κ2) is 8.72. The van der Waals surface area contributed by atoms with E-state index >= 15 is 0 Å². The van der Waals surface area contributed by atoms with Crippen molar-refractivity contribution in [3.63, 3.8) is 0 Å². The van der Waals surface area contributed by atoms with Crippen LogP contribution < -0.4 is 4.74 Å². The van der Waals surface area contributed by atoms with Crippen molar-refractivity contribution in [3.05, 3.63) is 34.3 Å². The van der Waals surface area contributed by atoms with Crippen LogP contribution >= 0.6 is 15.9 Å². The molecule has 104 valence electrons. The SMILES string of the molecule is COCCCCOc1ccc(/C=C/C(=O)O)cc1Br. The van der Waals surface area contributed by atoms with E-state index in [4.69, 9.17) is 14.6 Å². The quantitative estimate of drug-likeness (QED) is 0.587. The molecule has 1 aromatic carbocycles. The zero-order chi connectivity index (χ0) is 14.1. The average Bonchev–Trinajstić information content (AvgIpc) is 2.38. The van der Waals surface area contributed by atoms with E-state index in [0.29, 0.717) is 6.61 Å². The monoisotopic (exact) mass is 328 g/mol. The lowest BCUT2D eigenvalue weighted by Gasteiger charge is -2.08. The van der Waals surface area contributed by atoms with Crippen molar-refractivity contribution in [3.8, 4) is 5.75 Å². The third-order valence-corrected chi connectivity index (χ3v) is 2.99. The van der Waals surface area contributed by atoms with Crippen molar-refractivity contribution in [1.82, 2.24) is 0 Å². The summed E-state index contributed by atoms with van der Waals surface area (Å²) in [5.41, 5.74) is 0.806.